The average molecular weight is 352 g/mol. The van der Waals surface area contributed by atoms with Crippen molar-refractivity contribution >= 4 is 17.2 Å². The summed E-state index contributed by atoms with van der Waals surface area (Å²) in [5.41, 5.74) is 1.09. The van der Waals surface area contributed by atoms with Crippen LogP contribution in [0.25, 0.3) is 0 Å². The van der Waals surface area contributed by atoms with E-state index in [2.05, 4.69) is 23.9 Å². The number of ether oxygens (including phenoxy) is 1. The van der Waals surface area contributed by atoms with Crippen molar-refractivity contribution in [3.63, 3.8) is 0 Å². The lowest BCUT2D eigenvalue weighted by molar-refractivity contribution is -0.0170. The topological polar surface area (TPSA) is 36.0 Å². The van der Waals surface area contributed by atoms with Crippen molar-refractivity contribution in [3.05, 3.63) is 21.9 Å². The highest BCUT2D eigenvalue weighted by Gasteiger charge is 2.35. The zero-order valence-electron chi connectivity index (χ0n) is 15.0. The lowest BCUT2D eigenvalue weighted by Crippen LogP contribution is -2.49. The first-order chi connectivity index (χ1) is 11.5. The molecule has 134 valence electrons. The maximum Gasteiger partial charge on any atom is 0.264 e. The monoisotopic (exact) mass is 351 g/mol. The first-order valence-electron chi connectivity index (χ1n) is 8.86. The molecule has 2 aliphatic rings. The minimum absolute atomic E-state index is 0.179. The summed E-state index contributed by atoms with van der Waals surface area (Å²) in [5, 5.41) is 2.00. The Morgan fingerprint density at radius 2 is 2.21 bits per heavy atom. The number of nitrogens with zero attached hydrogens (tertiary/aromatic N) is 3. The van der Waals surface area contributed by atoms with E-state index in [-0.39, 0.29) is 12.0 Å². The van der Waals surface area contributed by atoms with Crippen LogP contribution in [0.1, 0.15) is 21.7 Å². The lowest BCUT2D eigenvalue weighted by atomic mass is 9.93. The van der Waals surface area contributed by atoms with Gasteiger partial charge >= 0.3 is 0 Å². The number of thiophene rings is 1. The third kappa shape index (κ3) is 4.17. The summed E-state index contributed by atoms with van der Waals surface area (Å²) in [6, 6.07) is 2.02. The molecule has 1 aromatic rings. The normalized spacial score (nSPS) is 25.6. The van der Waals surface area contributed by atoms with E-state index < -0.39 is 0 Å². The Hall–Kier alpha value is -0.950. The number of carbonyl (C=O) groups excluding carboxylic acids is 1. The number of carbonyl (C=O) groups is 1. The summed E-state index contributed by atoms with van der Waals surface area (Å²) < 4.78 is 6.13. The van der Waals surface area contributed by atoms with E-state index in [1.165, 1.54) is 0 Å². The van der Waals surface area contributed by atoms with Gasteiger partial charge in [-0.3, -0.25) is 9.69 Å². The number of fused-ring (bicyclic) bond motifs is 1. The van der Waals surface area contributed by atoms with Crippen molar-refractivity contribution in [2.24, 2.45) is 5.92 Å². The molecule has 2 fully saturated rings. The molecule has 0 saturated carbocycles. The molecule has 0 bridgehead atoms. The Bertz CT molecular complexity index is 560. The van der Waals surface area contributed by atoms with E-state index in [0.717, 1.165) is 62.7 Å². The van der Waals surface area contributed by atoms with E-state index in [1.807, 2.05) is 23.3 Å². The molecule has 0 spiro atoms. The number of rotatable bonds is 4. The first kappa shape index (κ1) is 17.9. The number of likely N-dealkylation sites (tertiary alicyclic amines) is 1. The molecule has 1 aromatic heterocycles. The second kappa shape index (κ2) is 7.95. The van der Waals surface area contributed by atoms with Gasteiger partial charge in [0.1, 0.15) is 0 Å². The van der Waals surface area contributed by atoms with Gasteiger partial charge in [-0.1, -0.05) is 0 Å². The number of piperidine rings is 1. The van der Waals surface area contributed by atoms with Crippen LogP contribution in [0.4, 0.5) is 0 Å². The van der Waals surface area contributed by atoms with Crippen LogP contribution in [0.2, 0.25) is 0 Å². The molecule has 2 aliphatic heterocycles. The highest BCUT2D eigenvalue weighted by atomic mass is 32.1. The highest BCUT2D eigenvalue weighted by molar-refractivity contribution is 7.12. The Morgan fingerprint density at radius 1 is 1.38 bits per heavy atom. The van der Waals surface area contributed by atoms with Gasteiger partial charge in [0.05, 0.1) is 17.6 Å². The third-order valence-corrected chi connectivity index (χ3v) is 6.14. The van der Waals surface area contributed by atoms with E-state index in [1.54, 1.807) is 11.3 Å². The van der Waals surface area contributed by atoms with Crippen LogP contribution in [0.15, 0.2) is 11.4 Å². The molecule has 0 aliphatic carbocycles. The van der Waals surface area contributed by atoms with Gasteiger partial charge in [0.15, 0.2) is 0 Å². The van der Waals surface area contributed by atoms with Crippen molar-refractivity contribution in [1.29, 1.82) is 0 Å². The summed E-state index contributed by atoms with van der Waals surface area (Å²) in [6.07, 6.45) is 1.23. The molecule has 3 heterocycles. The van der Waals surface area contributed by atoms with E-state index >= 15 is 0 Å². The molecular formula is C18H29N3O2S. The standard InChI is InChI=1S/C18H29N3O2S/c1-14-5-11-24-17(14)18(22)21-6-4-15-12-20(8-7-19(2)3)9-10-23-16(15)13-21/h5,11,15-16H,4,6-10,12-13H2,1-3H3/t15-,16-/m1/s1. The largest absolute Gasteiger partial charge is 0.375 e. The second-order valence-electron chi connectivity index (χ2n) is 7.25. The number of aryl methyl sites for hydroxylation is 1. The van der Waals surface area contributed by atoms with Crippen LogP contribution >= 0.6 is 11.3 Å². The summed E-state index contributed by atoms with van der Waals surface area (Å²) in [7, 11) is 4.24. The van der Waals surface area contributed by atoms with Crippen LogP contribution in [-0.4, -0.2) is 86.7 Å². The van der Waals surface area contributed by atoms with Gasteiger partial charge in [-0.2, -0.15) is 0 Å². The minimum Gasteiger partial charge on any atom is -0.375 e. The molecule has 24 heavy (non-hydrogen) atoms. The summed E-state index contributed by atoms with van der Waals surface area (Å²) in [4.78, 5) is 20.4. The van der Waals surface area contributed by atoms with Crippen molar-refractivity contribution < 1.29 is 9.53 Å². The van der Waals surface area contributed by atoms with Crippen LogP contribution in [0, 0.1) is 12.8 Å². The molecule has 1 amide bonds. The SMILES string of the molecule is Cc1ccsc1C(=O)N1CC[C@@H]2CN(CCN(C)C)CCO[C@@H]2C1. The van der Waals surface area contributed by atoms with Crippen molar-refractivity contribution in [2.75, 3.05) is 60.0 Å². The Morgan fingerprint density at radius 3 is 2.92 bits per heavy atom. The van der Waals surface area contributed by atoms with Gasteiger partial charge < -0.3 is 14.5 Å². The number of hydrogen-bond donors (Lipinski definition) is 0. The van der Waals surface area contributed by atoms with Crippen LogP contribution < -0.4 is 0 Å². The molecule has 2 atom stereocenters. The highest BCUT2D eigenvalue weighted by Crippen LogP contribution is 2.26. The Labute approximate surface area is 149 Å². The maximum absolute atomic E-state index is 12.7. The molecule has 6 heteroatoms. The minimum atomic E-state index is 0.179. The molecule has 5 nitrogen and oxygen atoms in total. The van der Waals surface area contributed by atoms with Crippen molar-refractivity contribution in [1.82, 2.24) is 14.7 Å². The van der Waals surface area contributed by atoms with Gasteiger partial charge in [0.2, 0.25) is 0 Å². The summed E-state index contributed by atoms with van der Waals surface area (Å²) in [6.45, 7) is 8.65. The molecule has 0 radical (unpaired) electrons. The zero-order valence-corrected chi connectivity index (χ0v) is 15.8. The number of hydrogen-bond acceptors (Lipinski definition) is 5. The van der Waals surface area contributed by atoms with Crippen molar-refractivity contribution in [3.8, 4) is 0 Å². The molecule has 2 saturated heterocycles. The Balaban J connectivity index is 1.58. The molecule has 0 N–H and O–H groups in total. The van der Waals surface area contributed by atoms with Gasteiger partial charge in [0, 0.05) is 45.2 Å². The fourth-order valence-electron chi connectivity index (χ4n) is 3.58. The summed E-state index contributed by atoms with van der Waals surface area (Å²) >= 11 is 1.55. The van der Waals surface area contributed by atoms with Crippen LogP contribution in [-0.2, 0) is 4.74 Å². The molecule has 3 rings (SSSR count). The third-order valence-electron chi connectivity index (χ3n) is 5.14. The number of amides is 1. The molecule has 0 unspecified atom stereocenters. The van der Waals surface area contributed by atoms with Gasteiger partial charge in [-0.05, 0) is 44.4 Å². The lowest BCUT2D eigenvalue weighted by Gasteiger charge is -2.38. The molecular weight excluding hydrogens is 322 g/mol. The van der Waals surface area contributed by atoms with E-state index in [4.69, 9.17) is 4.74 Å². The first-order valence-corrected chi connectivity index (χ1v) is 9.74. The van der Waals surface area contributed by atoms with Gasteiger partial charge in [-0.15, -0.1) is 11.3 Å². The average Bonchev–Trinajstić information content (AvgIpc) is 2.88. The van der Waals surface area contributed by atoms with Crippen LogP contribution in [0.3, 0.4) is 0 Å². The van der Waals surface area contributed by atoms with Gasteiger partial charge in [-0.25, -0.2) is 0 Å². The summed E-state index contributed by atoms with van der Waals surface area (Å²) in [5.74, 6) is 0.724. The predicted octanol–water partition coefficient (Wildman–Crippen LogP) is 1.78. The van der Waals surface area contributed by atoms with Crippen LogP contribution in [0.5, 0.6) is 0 Å². The van der Waals surface area contributed by atoms with Crippen molar-refractivity contribution in [2.45, 2.75) is 19.4 Å². The smallest absolute Gasteiger partial charge is 0.264 e. The van der Waals surface area contributed by atoms with E-state index in [9.17, 15) is 4.79 Å². The zero-order chi connectivity index (χ0) is 17.1. The Kier molecular flexibility index (Phi) is 5.92. The molecule has 0 aromatic carbocycles. The van der Waals surface area contributed by atoms with E-state index in [0.29, 0.717) is 5.92 Å². The predicted molar refractivity (Wildman–Crippen MR) is 97.8 cm³/mol. The fourth-order valence-corrected chi connectivity index (χ4v) is 4.48. The second-order valence-corrected chi connectivity index (χ2v) is 8.16. The quantitative estimate of drug-likeness (QED) is 0.828. The van der Waals surface area contributed by atoms with Gasteiger partial charge in [0.25, 0.3) is 5.91 Å². The number of likely N-dealkylation sites (N-methyl/N-ethyl adjacent to an activating group) is 1. The maximum atomic E-state index is 12.7. The fraction of sp³-hybridized carbons (Fsp3) is 0.722.